The molecule has 1 aromatic carbocycles. The van der Waals surface area contributed by atoms with Gasteiger partial charge < -0.3 is 4.74 Å². The molecule has 0 N–H and O–H groups in total. The molecule has 0 aromatic heterocycles. The first-order valence-electron chi connectivity index (χ1n) is 4.60. The van der Waals surface area contributed by atoms with E-state index < -0.39 is 0 Å². The van der Waals surface area contributed by atoms with Gasteiger partial charge in [-0.1, -0.05) is 23.3 Å². The molecule has 0 bridgehead atoms. The van der Waals surface area contributed by atoms with Crippen LogP contribution in [0.2, 0.25) is 0 Å². The molecule has 0 saturated carbocycles. The van der Waals surface area contributed by atoms with Crippen LogP contribution in [-0.2, 0) is 0 Å². The number of rotatable bonds is 4. The number of methoxy groups -OCH3 is 1. The van der Waals surface area contributed by atoms with Gasteiger partial charge in [0.1, 0.15) is 5.75 Å². The van der Waals surface area contributed by atoms with Crippen LogP contribution in [0.3, 0.4) is 0 Å². The highest BCUT2D eigenvalue weighted by Gasteiger charge is 1.95. The fraction of sp³-hybridized carbons (Fsp3) is 0.273. The second kappa shape index (κ2) is 5.73. The predicted molar refractivity (Wildman–Crippen MR) is 60.7 cm³/mol. The fourth-order valence-electron chi connectivity index (χ4n) is 1.19. The van der Waals surface area contributed by atoms with E-state index in [2.05, 4.69) is 10.0 Å². The molecule has 0 heterocycles. The summed E-state index contributed by atoms with van der Waals surface area (Å²) >= 11 is 0. The average Bonchev–Trinajstić information content (AvgIpc) is 2.29. The van der Waals surface area contributed by atoms with Crippen molar-refractivity contribution in [3.8, 4) is 5.75 Å². The van der Waals surface area contributed by atoms with Crippen molar-refractivity contribution in [2.75, 3.05) is 13.7 Å². The number of hydrogen-bond acceptors (Lipinski definition) is 2. The summed E-state index contributed by atoms with van der Waals surface area (Å²) in [4.78, 5) is 2.69. The lowest BCUT2D eigenvalue weighted by atomic mass is 10.1. The molecular formula is C11H13N3O. The van der Waals surface area contributed by atoms with Crippen LogP contribution in [0.15, 0.2) is 35.5 Å². The lowest BCUT2D eigenvalue weighted by Crippen LogP contribution is -1.84. The van der Waals surface area contributed by atoms with Crippen LogP contribution in [0.5, 0.6) is 5.75 Å². The van der Waals surface area contributed by atoms with Gasteiger partial charge in [0.15, 0.2) is 0 Å². The first-order chi connectivity index (χ1) is 7.27. The number of hydrogen-bond donors (Lipinski definition) is 0. The summed E-state index contributed by atoms with van der Waals surface area (Å²) in [5.41, 5.74) is 10.3. The van der Waals surface area contributed by atoms with E-state index in [1.807, 2.05) is 37.3 Å². The standard InChI is InChI=1S/C11H13N3O/c1-9(7-8-13-14-12)10-3-5-11(15-2)6-4-10/h3-7H,8H2,1-2H3/b9-7+. The van der Waals surface area contributed by atoms with Gasteiger partial charge in [0, 0.05) is 11.5 Å². The molecule has 0 aliphatic heterocycles. The van der Waals surface area contributed by atoms with Gasteiger partial charge in [-0.2, -0.15) is 0 Å². The quantitative estimate of drug-likeness (QED) is 0.420. The maximum absolute atomic E-state index is 8.13. The molecule has 4 nitrogen and oxygen atoms in total. The minimum Gasteiger partial charge on any atom is -0.497 e. The highest BCUT2D eigenvalue weighted by Crippen LogP contribution is 2.17. The minimum absolute atomic E-state index is 0.383. The molecule has 0 saturated heterocycles. The summed E-state index contributed by atoms with van der Waals surface area (Å²) in [6.07, 6.45) is 1.89. The molecule has 0 aliphatic carbocycles. The predicted octanol–water partition coefficient (Wildman–Crippen LogP) is 3.41. The number of nitrogens with zero attached hydrogens (tertiary/aromatic N) is 3. The zero-order chi connectivity index (χ0) is 11.1. The Bertz CT molecular complexity index is 389. The zero-order valence-electron chi connectivity index (χ0n) is 8.84. The molecule has 1 rings (SSSR count). The molecule has 0 unspecified atom stereocenters. The normalized spacial score (nSPS) is 10.7. The first-order valence-corrected chi connectivity index (χ1v) is 4.60. The van der Waals surface area contributed by atoms with Crippen LogP contribution in [0, 0.1) is 0 Å². The largest absolute Gasteiger partial charge is 0.497 e. The van der Waals surface area contributed by atoms with Gasteiger partial charge in [-0.05, 0) is 35.7 Å². The van der Waals surface area contributed by atoms with Gasteiger partial charge in [-0.15, -0.1) is 0 Å². The van der Waals surface area contributed by atoms with Crippen LogP contribution in [-0.4, -0.2) is 13.7 Å². The Morgan fingerprint density at radius 1 is 1.47 bits per heavy atom. The van der Waals surface area contributed by atoms with E-state index in [-0.39, 0.29) is 0 Å². The Kier molecular flexibility index (Phi) is 4.26. The van der Waals surface area contributed by atoms with Crippen LogP contribution in [0.1, 0.15) is 12.5 Å². The third-order valence-corrected chi connectivity index (χ3v) is 2.09. The lowest BCUT2D eigenvalue weighted by Gasteiger charge is -2.03. The van der Waals surface area contributed by atoms with Crippen molar-refractivity contribution in [2.24, 2.45) is 5.11 Å². The van der Waals surface area contributed by atoms with Crippen LogP contribution < -0.4 is 4.74 Å². The highest BCUT2D eigenvalue weighted by atomic mass is 16.5. The number of benzene rings is 1. The van der Waals surface area contributed by atoms with Crippen molar-refractivity contribution in [1.82, 2.24) is 0 Å². The Hall–Kier alpha value is -1.93. The topological polar surface area (TPSA) is 58.0 Å². The van der Waals surface area contributed by atoms with E-state index >= 15 is 0 Å². The lowest BCUT2D eigenvalue weighted by molar-refractivity contribution is 0.415. The summed E-state index contributed by atoms with van der Waals surface area (Å²) in [5.74, 6) is 0.835. The summed E-state index contributed by atoms with van der Waals surface area (Å²) in [6, 6.07) is 7.75. The van der Waals surface area contributed by atoms with E-state index in [9.17, 15) is 0 Å². The van der Waals surface area contributed by atoms with E-state index in [0.29, 0.717) is 6.54 Å². The molecular weight excluding hydrogens is 190 g/mol. The monoisotopic (exact) mass is 203 g/mol. The van der Waals surface area contributed by atoms with Crippen molar-refractivity contribution in [3.63, 3.8) is 0 Å². The summed E-state index contributed by atoms with van der Waals surface area (Å²) in [6.45, 7) is 2.36. The van der Waals surface area contributed by atoms with E-state index in [4.69, 9.17) is 10.3 Å². The molecule has 78 valence electrons. The van der Waals surface area contributed by atoms with E-state index in [0.717, 1.165) is 16.9 Å². The van der Waals surface area contributed by atoms with Gasteiger partial charge in [0.25, 0.3) is 0 Å². The number of ether oxygens (including phenoxy) is 1. The van der Waals surface area contributed by atoms with Gasteiger partial charge in [0.2, 0.25) is 0 Å². The van der Waals surface area contributed by atoms with Crippen molar-refractivity contribution in [1.29, 1.82) is 0 Å². The number of allylic oxidation sites excluding steroid dienone is 1. The Labute approximate surface area is 88.8 Å². The molecule has 0 fully saturated rings. The Morgan fingerprint density at radius 2 is 2.13 bits per heavy atom. The van der Waals surface area contributed by atoms with Crippen molar-refractivity contribution >= 4 is 5.57 Å². The van der Waals surface area contributed by atoms with E-state index in [1.54, 1.807) is 7.11 Å². The second-order valence-corrected chi connectivity index (χ2v) is 3.03. The molecule has 1 aromatic rings. The molecule has 4 heteroatoms. The molecule has 15 heavy (non-hydrogen) atoms. The van der Waals surface area contributed by atoms with Crippen molar-refractivity contribution in [3.05, 3.63) is 46.3 Å². The molecule has 0 aliphatic rings. The van der Waals surface area contributed by atoms with Gasteiger partial charge in [0.05, 0.1) is 7.11 Å². The Morgan fingerprint density at radius 3 is 2.67 bits per heavy atom. The second-order valence-electron chi connectivity index (χ2n) is 3.03. The highest BCUT2D eigenvalue weighted by molar-refractivity contribution is 5.64. The molecule has 0 atom stereocenters. The molecule has 0 amide bonds. The van der Waals surface area contributed by atoms with Gasteiger partial charge >= 0.3 is 0 Å². The molecule has 0 spiro atoms. The number of azide groups is 1. The minimum atomic E-state index is 0.383. The molecule has 0 radical (unpaired) electrons. The SMILES string of the molecule is COc1ccc(/C(C)=C/CN=[N+]=[N-])cc1. The average molecular weight is 203 g/mol. The third kappa shape index (κ3) is 3.37. The zero-order valence-corrected chi connectivity index (χ0v) is 8.84. The summed E-state index contributed by atoms with van der Waals surface area (Å²) in [5, 5.41) is 3.45. The van der Waals surface area contributed by atoms with Gasteiger partial charge in [-0.3, -0.25) is 0 Å². The van der Waals surface area contributed by atoms with Gasteiger partial charge in [-0.25, -0.2) is 0 Å². The maximum Gasteiger partial charge on any atom is 0.118 e. The van der Waals surface area contributed by atoms with Crippen molar-refractivity contribution < 1.29 is 4.74 Å². The van der Waals surface area contributed by atoms with Crippen molar-refractivity contribution in [2.45, 2.75) is 6.92 Å². The van der Waals surface area contributed by atoms with Crippen LogP contribution in [0.4, 0.5) is 0 Å². The van der Waals surface area contributed by atoms with Crippen LogP contribution >= 0.6 is 0 Å². The Balaban J connectivity index is 2.77. The fourth-order valence-corrected chi connectivity index (χ4v) is 1.19. The maximum atomic E-state index is 8.13. The first kappa shape index (κ1) is 11.1. The summed E-state index contributed by atoms with van der Waals surface area (Å²) < 4.78 is 5.06. The smallest absolute Gasteiger partial charge is 0.118 e. The summed E-state index contributed by atoms with van der Waals surface area (Å²) in [7, 11) is 1.64. The van der Waals surface area contributed by atoms with E-state index in [1.165, 1.54) is 0 Å². The van der Waals surface area contributed by atoms with Crippen LogP contribution in [0.25, 0.3) is 16.0 Å². The third-order valence-electron chi connectivity index (χ3n) is 2.09.